The molecular weight excluding hydrogens is 270 g/mol. The van der Waals surface area contributed by atoms with Crippen LogP contribution in [0.4, 0.5) is 0 Å². The third kappa shape index (κ3) is 2.92. The number of carbonyl (C=O) groups excluding carboxylic acids is 1. The van der Waals surface area contributed by atoms with Crippen LogP contribution >= 0.6 is 11.3 Å². The molecule has 1 unspecified atom stereocenters. The molecule has 0 spiro atoms. The first-order valence-electron chi connectivity index (χ1n) is 6.50. The zero-order valence-electron chi connectivity index (χ0n) is 12.0. The highest BCUT2D eigenvalue weighted by Crippen LogP contribution is 2.26. The van der Waals surface area contributed by atoms with E-state index < -0.39 is 5.54 Å². The second-order valence-corrected chi connectivity index (χ2v) is 5.90. The van der Waals surface area contributed by atoms with Crippen molar-refractivity contribution in [3.8, 4) is 0 Å². The molecule has 0 amide bonds. The van der Waals surface area contributed by atoms with Crippen LogP contribution in [0, 0.1) is 6.92 Å². The number of thiophene rings is 1. The lowest BCUT2D eigenvalue weighted by atomic mass is 9.88. The number of hydrogen-bond donors (Lipinski definition) is 1. The molecule has 0 saturated carbocycles. The Kier molecular flexibility index (Phi) is 4.57. The van der Waals surface area contributed by atoms with Crippen LogP contribution in [0.25, 0.3) is 0 Å². The Hall–Kier alpha value is -1.65. The Bertz CT molecular complexity index is 580. The number of methoxy groups -OCH3 is 1. The van der Waals surface area contributed by atoms with Gasteiger partial charge in [0.2, 0.25) is 0 Å². The molecular formula is C16H19NO2S. The zero-order chi connectivity index (χ0) is 14.6. The van der Waals surface area contributed by atoms with Gasteiger partial charge < -0.3 is 4.74 Å². The van der Waals surface area contributed by atoms with Crippen LogP contribution in [0.1, 0.15) is 22.9 Å². The van der Waals surface area contributed by atoms with Gasteiger partial charge in [0.25, 0.3) is 0 Å². The van der Waals surface area contributed by atoms with Crippen LogP contribution in [0.3, 0.4) is 0 Å². The van der Waals surface area contributed by atoms with Crippen LogP contribution in [0.2, 0.25) is 0 Å². The quantitative estimate of drug-likeness (QED) is 0.859. The number of aryl methyl sites for hydroxylation is 1. The maximum atomic E-state index is 12.3. The SMILES string of the molecule is COC(=O)C(C)(NCc1cccs1)c1ccccc1C. The second kappa shape index (κ2) is 6.20. The molecule has 0 aliphatic heterocycles. The lowest BCUT2D eigenvalue weighted by Crippen LogP contribution is -2.47. The molecule has 0 saturated heterocycles. The smallest absolute Gasteiger partial charge is 0.330 e. The topological polar surface area (TPSA) is 38.3 Å². The Morgan fingerprint density at radius 3 is 2.65 bits per heavy atom. The van der Waals surface area contributed by atoms with Gasteiger partial charge in [-0.15, -0.1) is 11.3 Å². The van der Waals surface area contributed by atoms with Crippen molar-refractivity contribution in [1.29, 1.82) is 0 Å². The van der Waals surface area contributed by atoms with Gasteiger partial charge in [0.15, 0.2) is 0 Å². The van der Waals surface area contributed by atoms with Gasteiger partial charge in [-0.1, -0.05) is 30.3 Å². The summed E-state index contributed by atoms with van der Waals surface area (Å²) in [7, 11) is 1.42. The van der Waals surface area contributed by atoms with E-state index in [2.05, 4.69) is 5.32 Å². The third-order valence-electron chi connectivity index (χ3n) is 3.47. The molecule has 0 aliphatic rings. The predicted molar refractivity (Wildman–Crippen MR) is 81.7 cm³/mol. The van der Waals surface area contributed by atoms with Crippen molar-refractivity contribution < 1.29 is 9.53 Å². The normalized spacial score (nSPS) is 13.8. The highest BCUT2D eigenvalue weighted by molar-refractivity contribution is 7.09. The Morgan fingerprint density at radius 2 is 2.05 bits per heavy atom. The molecule has 1 aromatic heterocycles. The first-order chi connectivity index (χ1) is 9.58. The fourth-order valence-corrected chi connectivity index (χ4v) is 2.94. The Balaban J connectivity index is 2.30. The van der Waals surface area contributed by atoms with E-state index >= 15 is 0 Å². The molecule has 106 valence electrons. The molecule has 4 heteroatoms. The van der Waals surface area contributed by atoms with E-state index in [1.165, 1.54) is 12.0 Å². The van der Waals surface area contributed by atoms with Gasteiger partial charge in [0.05, 0.1) is 7.11 Å². The molecule has 20 heavy (non-hydrogen) atoms. The molecule has 0 radical (unpaired) electrons. The maximum absolute atomic E-state index is 12.3. The average Bonchev–Trinajstić information content (AvgIpc) is 2.97. The molecule has 0 fully saturated rings. The summed E-state index contributed by atoms with van der Waals surface area (Å²) in [5.74, 6) is -0.275. The van der Waals surface area contributed by atoms with E-state index in [9.17, 15) is 4.79 Å². The molecule has 3 nitrogen and oxygen atoms in total. The fourth-order valence-electron chi connectivity index (χ4n) is 2.29. The van der Waals surface area contributed by atoms with Crippen molar-refractivity contribution in [2.45, 2.75) is 25.9 Å². The molecule has 1 aromatic carbocycles. The predicted octanol–water partition coefficient (Wildman–Crippen LogP) is 3.23. The Morgan fingerprint density at radius 1 is 1.30 bits per heavy atom. The monoisotopic (exact) mass is 289 g/mol. The van der Waals surface area contributed by atoms with Gasteiger partial charge in [0.1, 0.15) is 5.54 Å². The summed E-state index contributed by atoms with van der Waals surface area (Å²) >= 11 is 1.67. The number of rotatable bonds is 5. The van der Waals surface area contributed by atoms with Crippen LogP contribution in [0.15, 0.2) is 41.8 Å². The van der Waals surface area contributed by atoms with Crippen molar-refractivity contribution in [2.75, 3.05) is 7.11 Å². The average molecular weight is 289 g/mol. The van der Waals surface area contributed by atoms with E-state index in [0.29, 0.717) is 6.54 Å². The first kappa shape index (κ1) is 14.8. The molecule has 1 atom stereocenters. The molecule has 0 bridgehead atoms. The van der Waals surface area contributed by atoms with Gasteiger partial charge in [-0.05, 0) is 36.4 Å². The van der Waals surface area contributed by atoms with E-state index in [1.807, 2.05) is 55.6 Å². The van der Waals surface area contributed by atoms with Gasteiger partial charge in [0, 0.05) is 11.4 Å². The third-order valence-corrected chi connectivity index (χ3v) is 4.35. The van der Waals surface area contributed by atoms with Crippen molar-refractivity contribution in [2.24, 2.45) is 0 Å². The first-order valence-corrected chi connectivity index (χ1v) is 7.38. The minimum atomic E-state index is -0.843. The Labute approximate surface area is 123 Å². The standard InChI is InChI=1S/C16H19NO2S/c1-12-7-4-5-9-14(12)16(2,15(18)19-3)17-11-13-8-6-10-20-13/h4-10,17H,11H2,1-3H3. The number of ether oxygens (including phenoxy) is 1. The van der Waals surface area contributed by atoms with Crippen molar-refractivity contribution >= 4 is 17.3 Å². The fraction of sp³-hybridized carbons (Fsp3) is 0.312. The van der Waals surface area contributed by atoms with E-state index in [0.717, 1.165) is 11.1 Å². The van der Waals surface area contributed by atoms with Crippen molar-refractivity contribution in [1.82, 2.24) is 5.32 Å². The number of benzene rings is 1. The summed E-state index contributed by atoms with van der Waals surface area (Å²) in [5, 5.41) is 5.37. The largest absolute Gasteiger partial charge is 0.467 e. The summed E-state index contributed by atoms with van der Waals surface area (Å²) in [6.07, 6.45) is 0. The number of nitrogens with one attached hydrogen (secondary N) is 1. The highest BCUT2D eigenvalue weighted by atomic mass is 32.1. The summed E-state index contributed by atoms with van der Waals surface area (Å²) in [5.41, 5.74) is 1.17. The van der Waals surface area contributed by atoms with Crippen LogP contribution in [-0.2, 0) is 21.6 Å². The zero-order valence-corrected chi connectivity index (χ0v) is 12.8. The molecule has 1 heterocycles. The lowest BCUT2D eigenvalue weighted by molar-refractivity contribution is -0.148. The number of carbonyl (C=O) groups is 1. The van der Waals surface area contributed by atoms with Gasteiger partial charge in [-0.3, -0.25) is 5.32 Å². The summed E-state index contributed by atoms with van der Waals surface area (Å²) in [6, 6.07) is 11.9. The second-order valence-electron chi connectivity index (χ2n) is 4.86. The van der Waals surface area contributed by atoms with Crippen molar-refractivity contribution in [3.63, 3.8) is 0 Å². The molecule has 2 aromatic rings. The van der Waals surface area contributed by atoms with Crippen molar-refractivity contribution in [3.05, 3.63) is 57.8 Å². The summed E-state index contributed by atoms with van der Waals surface area (Å²) in [4.78, 5) is 13.5. The van der Waals surface area contributed by atoms with Crippen LogP contribution < -0.4 is 5.32 Å². The van der Waals surface area contributed by atoms with E-state index in [4.69, 9.17) is 4.74 Å². The minimum absolute atomic E-state index is 0.275. The van der Waals surface area contributed by atoms with Gasteiger partial charge in [-0.25, -0.2) is 4.79 Å². The van der Waals surface area contributed by atoms with E-state index in [-0.39, 0.29) is 5.97 Å². The molecule has 0 aliphatic carbocycles. The molecule has 2 rings (SSSR count). The molecule has 1 N–H and O–H groups in total. The van der Waals surface area contributed by atoms with Gasteiger partial charge >= 0.3 is 5.97 Å². The number of esters is 1. The van der Waals surface area contributed by atoms with Crippen LogP contribution in [-0.4, -0.2) is 13.1 Å². The van der Waals surface area contributed by atoms with Gasteiger partial charge in [-0.2, -0.15) is 0 Å². The highest BCUT2D eigenvalue weighted by Gasteiger charge is 2.37. The van der Waals surface area contributed by atoms with Crippen LogP contribution in [0.5, 0.6) is 0 Å². The van der Waals surface area contributed by atoms with E-state index in [1.54, 1.807) is 11.3 Å². The maximum Gasteiger partial charge on any atom is 0.330 e. The summed E-state index contributed by atoms with van der Waals surface area (Å²) < 4.78 is 5.00. The minimum Gasteiger partial charge on any atom is -0.467 e. The summed E-state index contributed by atoms with van der Waals surface area (Å²) in [6.45, 7) is 4.51. The number of hydrogen-bond acceptors (Lipinski definition) is 4. The lowest BCUT2D eigenvalue weighted by Gasteiger charge is -2.29.